The summed E-state index contributed by atoms with van der Waals surface area (Å²) in [6.45, 7) is 9.88. The zero-order valence-electron chi connectivity index (χ0n) is 12.9. The molecule has 0 aromatic heterocycles. The average Bonchev–Trinajstić information content (AvgIpc) is 2.49. The summed E-state index contributed by atoms with van der Waals surface area (Å²) >= 11 is 0. The normalized spacial score (nSPS) is 16.1. The minimum atomic E-state index is 0.170. The molecular formula is C17H26N2O. The van der Waals surface area contributed by atoms with E-state index >= 15 is 0 Å². The monoisotopic (exact) mass is 274 g/mol. The van der Waals surface area contributed by atoms with Crippen molar-refractivity contribution >= 4 is 5.91 Å². The predicted molar refractivity (Wildman–Crippen MR) is 83.3 cm³/mol. The molecule has 1 aromatic rings. The van der Waals surface area contributed by atoms with Gasteiger partial charge in [0.15, 0.2) is 0 Å². The highest BCUT2D eigenvalue weighted by Crippen LogP contribution is 2.29. The first-order chi connectivity index (χ1) is 9.69. The lowest BCUT2D eigenvalue weighted by Gasteiger charge is -2.26. The van der Waals surface area contributed by atoms with Gasteiger partial charge in [-0.2, -0.15) is 0 Å². The second-order valence-electron chi connectivity index (χ2n) is 5.52. The summed E-state index contributed by atoms with van der Waals surface area (Å²) in [7, 11) is 0. The van der Waals surface area contributed by atoms with Gasteiger partial charge in [0.1, 0.15) is 0 Å². The molecule has 0 saturated carbocycles. The number of amides is 1. The topological polar surface area (TPSA) is 32.3 Å². The summed E-state index contributed by atoms with van der Waals surface area (Å²) in [5.74, 6) is 0.768. The molecule has 0 radical (unpaired) electrons. The Kier molecular flexibility index (Phi) is 5.18. The summed E-state index contributed by atoms with van der Waals surface area (Å²) in [4.78, 5) is 14.5. The fraction of sp³-hybridized carbons (Fsp3) is 0.588. The number of carbonyl (C=O) groups is 1. The number of benzene rings is 1. The van der Waals surface area contributed by atoms with Crippen molar-refractivity contribution in [2.24, 2.45) is 0 Å². The van der Waals surface area contributed by atoms with Crippen molar-refractivity contribution in [3.8, 4) is 0 Å². The zero-order valence-corrected chi connectivity index (χ0v) is 12.9. The molecule has 0 aliphatic carbocycles. The Morgan fingerprint density at radius 2 is 1.90 bits per heavy atom. The van der Waals surface area contributed by atoms with Crippen molar-refractivity contribution in [2.45, 2.75) is 39.5 Å². The summed E-state index contributed by atoms with van der Waals surface area (Å²) in [5.41, 5.74) is 3.42. The summed E-state index contributed by atoms with van der Waals surface area (Å²) in [6.07, 6.45) is 2.34. The molecule has 0 spiro atoms. The highest BCUT2D eigenvalue weighted by molar-refractivity contribution is 5.96. The van der Waals surface area contributed by atoms with Crippen LogP contribution < -0.4 is 5.32 Å². The molecule has 1 aliphatic heterocycles. The van der Waals surface area contributed by atoms with E-state index < -0.39 is 0 Å². The minimum absolute atomic E-state index is 0.170. The molecule has 1 saturated heterocycles. The summed E-state index contributed by atoms with van der Waals surface area (Å²) in [6, 6.07) is 6.21. The van der Waals surface area contributed by atoms with Gasteiger partial charge in [-0.1, -0.05) is 12.1 Å². The highest BCUT2D eigenvalue weighted by Gasteiger charge is 2.21. The van der Waals surface area contributed by atoms with Crippen molar-refractivity contribution in [3.63, 3.8) is 0 Å². The fourth-order valence-corrected chi connectivity index (χ4v) is 3.14. The molecule has 1 fully saturated rings. The Labute approximate surface area is 122 Å². The second kappa shape index (κ2) is 6.89. The molecule has 110 valence electrons. The summed E-state index contributed by atoms with van der Waals surface area (Å²) in [5, 5.41) is 3.40. The van der Waals surface area contributed by atoms with Gasteiger partial charge in [-0.05, 0) is 69.8 Å². The number of nitrogens with zero attached hydrogens (tertiary/aromatic N) is 1. The van der Waals surface area contributed by atoms with E-state index in [1.165, 1.54) is 24.0 Å². The molecule has 2 rings (SSSR count). The van der Waals surface area contributed by atoms with Crippen molar-refractivity contribution in [1.29, 1.82) is 0 Å². The number of nitrogens with one attached hydrogen (secondary N) is 1. The third-order valence-electron chi connectivity index (χ3n) is 4.44. The number of rotatable bonds is 4. The van der Waals surface area contributed by atoms with Crippen molar-refractivity contribution in [3.05, 3.63) is 34.9 Å². The van der Waals surface area contributed by atoms with E-state index in [1.54, 1.807) is 0 Å². The average molecular weight is 274 g/mol. The van der Waals surface area contributed by atoms with Gasteiger partial charge in [0.2, 0.25) is 0 Å². The number of hydrogen-bond acceptors (Lipinski definition) is 2. The van der Waals surface area contributed by atoms with Crippen LogP contribution in [0, 0.1) is 6.92 Å². The van der Waals surface area contributed by atoms with Crippen LogP contribution in [0.1, 0.15) is 54.1 Å². The van der Waals surface area contributed by atoms with Crippen LogP contribution in [-0.4, -0.2) is 37.0 Å². The van der Waals surface area contributed by atoms with E-state index in [4.69, 9.17) is 0 Å². The van der Waals surface area contributed by atoms with Crippen LogP contribution in [0.3, 0.4) is 0 Å². The molecule has 0 unspecified atom stereocenters. The van der Waals surface area contributed by atoms with Gasteiger partial charge < -0.3 is 10.2 Å². The Hall–Kier alpha value is -1.35. The molecule has 3 heteroatoms. The number of hydrogen-bond donors (Lipinski definition) is 1. The lowest BCUT2D eigenvalue weighted by Crippen LogP contribution is -2.31. The van der Waals surface area contributed by atoms with E-state index in [9.17, 15) is 4.79 Å². The van der Waals surface area contributed by atoms with Crippen LogP contribution in [0.4, 0.5) is 0 Å². The van der Waals surface area contributed by atoms with Crippen LogP contribution >= 0.6 is 0 Å². The van der Waals surface area contributed by atoms with Crippen LogP contribution in [-0.2, 0) is 0 Å². The fourth-order valence-electron chi connectivity index (χ4n) is 3.14. The molecular weight excluding hydrogens is 248 g/mol. The van der Waals surface area contributed by atoms with Crippen molar-refractivity contribution < 1.29 is 4.79 Å². The van der Waals surface area contributed by atoms with Crippen LogP contribution in [0.15, 0.2) is 18.2 Å². The van der Waals surface area contributed by atoms with Gasteiger partial charge in [-0.3, -0.25) is 4.79 Å². The van der Waals surface area contributed by atoms with Crippen LogP contribution in [0.2, 0.25) is 0 Å². The first kappa shape index (κ1) is 15.0. The molecule has 1 aliphatic rings. The standard InChI is InChI=1S/C17H26N2O/c1-4-19(5-2)17(20)16-8-6-7-15(13(16)3)14-9-11-18-12-10-14/h6-8,14,18H,4-5,9-12H2,1-3H3. The molecule has 0 bridgehead atoms. The van der Waals surface area contributed by atoms with E-state index in [1.807, 2.05) is 30.9 Å². The number of carbonyl (C=O) groups excluding carboxylic acids is 1. The Morgan fingerprint density at radius 3 is 2.50 bits per heavy atom. The van der Waals surface area contributed by atoms with E-state index in [0.717, 1.165) is 31.7 Å². The number of piperidine rings is 1. The molecule has 1 heterocycles. The van der Waals surface area contributed by atoms with Crippen LogP contribution in [0.25, 0.3) is 0 Å². The predicted octanol–water partition coefficient (Wildman–Crippen LogP) is 2.94. The molecule has 1 N–H and O–H groups in total. The third-order valence-corrected chi connectivity index (χ3v) is 4.44. The lowest BCUT2D eigenvalue weighted by molar-refractivity contribution is 0.0772. The van der Waals surface area contributed by atoms with Gasteiger partial charge in [-0.25, -0.2) is 0 Å². The largest absolute Gasteiger partial charge is 0.339 e. The van der Waals surface area contributed by atoms with E-state index in [2.05, 4.69) is 18.3 Å². The second-order valence-corrected chi connectivity index (χ2v) is 5.52. The molecule has 1 aromatic carbocycles. The zero-order chi connectivity index (χ0) is 14.5. The van der Waals surface area contributed by atoms with E-state index in [0.29, 0.717) is 5.92 Å². The Bertz CT molecular complexity index is 460. The maximum atomic E-state index is 12.6. The third kappa shape index (κ3) is 3.04. The molecule has 3 nitrogen and oxygen atoms in total. The first-order valence-corrected chi connectivity index (χ1v) is 7.78. The SMILES string of the molecule is CCN(CC)C(=O)c1cccc(C2CCNCC2)c1C. The van der Waals surface area contributed by atoms with E-state index in [-0.39, 0.29) is 5.91 Å². The molecule has 0 atom stereocenters. The smallest absolute Gasteiger partial charge is 0.254 e. The quantitative estimate of drug-likeness (QED) is 0.915. The Morgan fingerprint density at radius 1 is 1.25 bits per heavy atom. The Balaban J connectivity index is 2.29. The van der Waals surface area contributed by atoms with Crippen molar-refractivity contribution in [1.82, 2.24) is 10.2 Å². The molecule has 20 heavy (non-hydrogen) atoms. The van der Waals surface area contributed by atoms with Crippen molar-refractivity contribution in [2.75, 3.05) is 26.2 Å². The van der Waals surface area contributed by atoms with Gasteiger partial charge in [0, 0.05) is 18.7 Å². The first-order valence-electron chi connectivity index (χ1n) is 7.78. The maximum Gasteiger partial charge on any atom is 0.254 e. The minimum Gasteiger partial charge on any atom is -0.339 e. The van der Waals surface area contributed by atoms with Crippen LogP contribution in [0.5, 0.6) is 0 Å². The van der Waals surface area contributed by atoms with Gasteiger partial charge >= 0.3 is 0 Å². The highest BCUT2D eigenvalue weighted by atomic mass is 16.2. The maximum absolute atomic E-state index is 12.6. The van der Waals surface area contributed by atoms with Gasteiger partial charge in [0.25, 0.3) is 5.91 Å². The van der Waals surface area contributed by atoms with Gasteiger partial charge in [-0.15, -0.1) is 0 Å². The lowest BCUT2D eigenvalue weighted by atomic mass is 9.85. The molecule has 1 amide bonds. The summed E-state index contributed by atoms with van der Waals surface area (Å²) < 4.78 is 0. The van der Waals surface area contributed by atoms with Gasteiger partial charge in [0.05, 0.1) is 0 Å².